The van der Waals surface area contributed by atoms with Crippen molar-refractivity contribution >= 4 is 12.1 Å². The first kappa shape index (κ1) is 22.8. The molecule has 4 aromatic rings. The Balaban J connectivity index is 1.37. The van der Waals surface area contributed by atoms with Crippen molar-refractivity contribution in [3.63, 3.8) is 0 Å². The molecule has 1 aromatic heterocycles. The summed E-state index contributed by atoms with van der Waals surface area (Å²) in [6.45, 7) is 4.54. The minimum atomic E-state index is -0.381. The minimum absolute atomic E-state index is 0.326. The number of benzene rings is 3. The van der Waals surface area contributed by atoms with E-state index in [-0.39, 0.29) is 5.91 Å². The van der Waals surface area contributed by atoms with Gasteiger partial charge in [-0.3, -0.25) is 9.89 Å². The summed E-state index contributed by atoms with van der Waals surface area (Å²) in [5, 5.41) is 11.1. The van der Waals surface area contributed by atoms with Crippen molar-refractivity contribution in [2.75, 3.05) is 7.11 Å². The van der Waals surface area contributed by atoms with E-state index in [0.717, 1.165) is 16.7 Å². The molecule has 0 spiro atoms. The van der Waals surface area contributed by atoms with Gasteiger partial charge in [0.25, 0.3) is 5.91 Å². The highest BCUT2D eigenvalue weighted by molar-refractivity contribution is 5.94. The van der Waals surface area contributed by atoms with Crippen LogP contribution in [0.3, 0.4) is 0 Å². The maximum absolute atomic E-state index is 12.5. The van der Waals surface area contributed by atoms with Crippen molar-refractivity contribution in [3.8, 4) is 22.8 Å². The second kappa shape index (κ2) is 10.5. The number of nitrogens with one attached hydrogen (secondary N) is 2. The van der Waals surface area contributed by atoms with Crippen LogP contribution in [0.5, 0.6) is 11.5 Å². The van der Waals surface area contributed by atoms with Crippen molar-refractivity contribution in [1.29, 1.82) is 0 Å². The van der Waals surface area contributed by atoms with E-state index >= 15 is 0 Å². The van der Waals surface area contributed by atoms with E-state index in [1.54, 1.807) is 25.5 Å². The van der Waals surface area contributed by atoms with Gasteiger partial charge < -0.3 is 9.47 Å². The predicted octanol–water partition coefficient (Wildman–Crippen LogP) is 5.05. The average molecular weight is 455 g/mol. The molecule has 0 saturated carbocycles. The number of nitrogens with zero attached hydrogens (tertiary/aromatic N) is 2. The van der Waals surface area contributed by atoms with Crippen LogP contribution in [0, 0.1) is 13.8 Å². The lowest BCUT2D eigenvalue weighted by Gasteiger charge is -2.11. The highest BCUT2D eigenvalue weighted by Gasteiger charge is 2.11. The molecule has 0 fully saturated rings. The van der Waals surface area contributed by atoms with Gasteiger partial charge in [0.05, 0.1) is 19.0 Å². The average Bonchev–Trinajstić information content (AvgIpc) is 3.36. The largest absolute Gasteiger partial charge is 0.493 e. The van der Waals surface area contributed by atoms with Crippen LogP contribution >= 0.6 is 0 Å². The Morgan fingerprint density at radius 2 is 1.82 bits per heavy atom. The first-order valence-corrected chi connectivity index (χ1v) is 10.8. The van der Waals surface area contributed by atoms with Crippen LogP contribution < -0.4 is 14.9 Å². The van der Waals surface area contributed by atoms with Gasteiger partial charge in [0.1, 0.15) is 12.3 Å². The zero-order valence-electron chi connectivity index (χ0n) is 19.3. The van der Waals surface area contributed by atoms with Crippen LogP contribution in [-0.2, 0) is 6.61 Å². The van der Waals surface area contributed by atoms with Crippen molar-refractivity contribution < 1.29 is 14.3 Å². The Morgan fingerprint density at radius 1 is 1.00 bits per heavy atom. The molecule has 0 aliphatic rings. The topological polar surface area (TPSA) is 88.6 Å². The van der Waals surface area contributed by atoms with Crippen LogP contribution in [-0.4, -0.2) is 29.4 Å². The van der Waals surface area contributed by atoms with Gasteiger partial charge in [0, 0.05) is 5.56 Å². The van der Waals surface area contributed by atoms with Crippen molar-refractivity contribution in [3.05, 3.63) is 101 Å². The zero-order valence-corrected chi connectivity index (χ0v) is 19.3. The number of ether oxygens (including phenoxy) is 2. The third-order valence-corrected chi connectivity index (χ3v) is 5.43. The summed E-state index contributed by atoms with van der Waals surface area (Å²) in [5.41, 5.74) is 8.69. The summed E-state index contributed by atoms with van der Waals surface area (Å²) in [6, 6.07) is 23.1. The molecule has 0 saturated heterocycles. The quantitative estimate of drug-likeness (QED) is 0.288. The molecule has 7 heteroatoms. The molecule has 0 radical (unpaired) electrons. The van der Waals surface area contributed by atoms with E-state index < -0.39 is 0 Å². The number of H-pyrrole nitrogens is 1. The van der Waals surface area contributed by atoms with Gasteiger partial charge in [0.15, 0.2) is 11.5 Å². The predicted molar refractivity (Wildman–Crippen MR) is 132 cm³/mol. The van der Waals surface area contributed by atoms with Crippen molar-refractivity contribution in [2.45, 2.75) is 20.5 Å². The minimum Gasteiger partial charge on any atom is -0.493 e. The molecule has 34 heavy (non-hydrogen) atoms. The Morgan fingerprint density at radius 3 is 2.59 bits per heavy atom. The second-order valence-corrected chi connectivity index (χ2v) is 7.85. The Hall–Kier alpha value is -4.39. The summed E-state index contributed by atoms with van der Waals surface area (Å²) in [5.74, 6) is 0.829. The summed E-state index contributed by atoms with van der Waals surface area (Å²) < 4.78 is 11.3. The third-order valence-electron chi connectivity index (χ3n) is 5.43. The SMILES string of the molecule is COc1cc(C=NNC(=O)c2cc(-c3ccc(C)c(C)c3)n[nH]2)ccc1OCc1ccccc1. The van der Waals surface area contributed by atoms with Crippen molar-refractivity contribution in [2.24, 2.45) is 5.10 Å². The van der Waals surface area contributed by atoms with E-state index in [9.17, 15) is 4.79 Å². The van der Waals surface area contributed by atoms with E-state index in [0.29, 0.717) is 29.5 Å². The second-order valence-electron chi connectivity index (χ2n) is 7.85. The van der Waals surface area contributed by atoms with Gasteiger partial charge >= 0.3 is 0 Å². The molecular formula is C27H26N4O3. The highest BCUT2D eigenvalue weighted by atomic mass is 16.5. The fourth-order valence-corrected chi connectivity index (χ4v) is 3.33. The number of hydrogen-bond donors (Lipinski definition) is 2. The first-order chi connectivity index (χ1) is 16.5. The molecule has 0 unspecified atom stereocenters. The fourth-order valence-electron chi connectivity index (χ4n) is 3.33. The normalized spacial score (nSPS) is 10.9. The number of amides is 1. The zero-order chi connectivity index (χ0) is 23.9. The summed E-state index contributed by atoms with van der Waals surface area (Å²) in [6.07, 6.45) is 1.54. The molecule has 4 rings (SSSR count). The van der Waals surface area contributed by atoms with Gasteiger partial charge in [-0.1, -0.05) is 42.5 Å². The van der Waals surface area contributed by atoms with Crippen LogP contribution in [0.4, 0.5) is 0 Å². The summed E-state index contributed by atoms with van der Waals surface area (Å²) in [7, 11) is 1.58. The molecule has 2 N–H and O–H groups in total. The maximum atomic E-state index is 12.5. The summed E-state index contributed by atoms with van der Waals surface area (Å²) >= 11 is 0. The standard InChI is InChI=1S/C27H26N4O3/c1-18-9-11-22(13-19(18)2)23-15-24(30-29-23)27(32)31-28-16-21-10-12-25(26(14-21)33-3)34-17-20-7-5-4-6-8-20/h4-16H,17H2,1-3H3,(H,29,30)(H,31,32). The molecule has 7 nitrogen and oxygen atoms in total. The van der Waals surface area contributed by atoms with Crippen molar-refractivity contribution in [1.82, 2.24) is 15.6 Å². The lowest BCUT2D eigenvalue weighted by molar-refractivity contribution is 0.0950. The molecule has 0 aliphatic heterocycles. The first-order valence-electron chi connectivity index (χ1n) is 10.8. The molecule has 0 aliphatic carbocycles. The number of aromatic nitrogens is 2. The number of rotatable bonds is 8. The lowest BCUT2D eigenvalue weighted by Crippen LogP contribution is -2.18. The van der Waals surface area contributed by atoms with E-state index in [1.807, 2.05) is 67.6 Å². The third kappa shape index (κ3) is 5.50. The molecule has 0 bridgehead atoms. The van der Waals surface area contributed by atoms with Gasteiger partial charge in [0.2, 0.25) is 0 Å². The Bertz CT molecular complexity index is 1310. The maximum Gasteiger partial charge on any atom is 0.289 e. The van der Waals surface area contributed by atoms with Crippen LogP contribution in [0.25, 0.3) is 11.3 Å². The summed E-state index contributed by atoms with van der Waals surface area (Å²) in [4.78, 5) is 12.5. The van der Waals surface area contributed by atoms with Crippen LogP contribution in [0.15, 0.2) is 77.9 Å². The number of aromatic amines is 1. The van der Waals surface area contributed by atoms with Crippen LogP contribution in [0.2, 0.25) is 0 Å². The lowest BCUT2D eigenvalue weighted by atomic mass is 10.0. The number of carbonyl (C=O) groups is 1. The smallest absolute Gasteiger partial charge is 0.289 e. The molecule has 1 heterocycles. The molecule has 0 atom stereocenters. The van der Waals surface area contributed by atoms with Gasteiger partial charge in [-0.05, 0) is 66.4 Å². The van der Waals surface area contributed by atoms with E-state index in [2.05, 4.69) is 27.6 Å². The van der Waals surface area contributed by atoms with Gasteiger partial charge in [-0.25, -0.2) is 5.43 Å². The van der Waals surface area contributed by atoms with Gasteiger partial charge in [-0.15, -0.1) is 0 Å². The molecule has 172 valence electrons. The van der Waals surface area contributed by atoms with Crippen LogP contribution in [0.1, 0.15) is 32.7 Å². The van der Waals surface area contributed by atoms with E-state index in [1.165, 1.54) is 11.1 Å². The number of carbonyl (C=O) groups excluding carboxylic acids is 1. The monoisotopic (exact) mass is 454 g/mol. The molecule has 1 amide bonds. The molecule has 3 aromatic carbocycles. The number of methoxy groups -OCH3 is 1. The number of aryl methyl sites for hydroxylation is 2. The number of hydrazone groups is 1. The molecular weight excluding hydrogens is 428 g/mol. The highest BCUT2D eigenvalue weighted by Crippen LogP contribution is 2.28. The Labute approximate surface area is 198 Å². The van der Waals surface area contributed by atoms with E-state index in [4.69, 9.17) is 9.47 Å². The number of hydrogen-bond acceptors (Lipinski definition) is 5. The van der Waals surface area contributed by atoms with Gasteiger partial charge in [-0.2, -0.15) is 10.2 Å². The Kier molecular flexibility index (Phi) is 7.03. The fraction of sp³-hybridized carbons (Fsp3) is 0.148.